The van der Waals surface area contributed by atoms with Gasteiger partial charge in [-0.1, -0.05) is 32.1 Å². The minimum atomic E-state index is -3.21. The zero-order valence-electron chi connectivity index (χ0n) is 11.3. The van der Waals surface area contributed by atoms with Crippen molar-refractivity contribution in [3.8, 4) is 0 Å². The highest BCUT2D eigenvalue weighted by molar-refractivity contribution is 7.89. The maximum atomic E-state index is 12.4. The van der Waals surface area contributed by atoms with Gasteiger partial charge in [-0.3, -0.25) is 0 Å². The highest BCUT2D eigenvalue weighted by Crippen LogP contribution is 2.32. The van der Waals surface area contributed by atoms with Crippen LogP contribution in [0.5, 0.6) is 0 Å². The van der Waals surface area contributed by atoms with Crippen LogP contribution in [0, 0.1) is 0 Å². The summed E-state index contributed by atoms with van der Waals surface area (Å²) in [4.78, 5) is 0. The molecule has 0 amide bonds. The van der Waals surface area contributed by atoms with Gasteiger partial charge in [-0.15, -0.1) is 0 Å². The zero-order chi connectivity index (χ0) is 13.2. The summed E-state index contributed by atoms with van der Waals surface area (Å²) in [5.74, 6) is 0. The highest BCUT2D eigenvalue weighted by atomic mass is 32.2. The average molecular weight is 275 g/mol. The Bertz CT molecular complexity index is 368. The van der Waals surface area contributed by atoms with Gasteiger partial charge in [0.05, 0.1) is 10.9 Å². The Labute approximate surface area is 110 Å². The highest BCUT2D eigenvalue weighted by Gasteiger charge is 2.38. The molecule has 0 aliphatic heterocycles. The second kappa shape index (κ2) is 5.47. The molecule has 2 fully saturated rings. The first-order chi connectivity index (χ1) is 8.44. The van der Waals surface area contributed by atoms with Crippen molar-refractivity contribution in [3.63, 3.8) is 0 Å². The van der Waals surface area contributed by atoms with Gasteiger partial charge >= 0.3 is 0 Å². The minimum absolute atomic E-state index is 0.221. The van der Waals surface area contributed by atoms with Crippen molar-refractivity contribution >= 4 is 10.0 Å². The van der Waals surface area contributed by atoms with Gasteiger partial charge in [0, 0.05) is 13.6 Å². The van der Waals surface area contributed by atoms with Gasteiger partial charge in [0.25, 0.3) is 0 Å². The number of rotatable bonds is 4. The van der Waals surface area contributed by atoms with Crippen molar-refractivity contribution in [2.24, 2.45) is 0 Å². The number of hydrogen-bond acceptors (Lipinski definition) is 3. The van der Waals surface area contributed by atoms with E-state index in [2.05, 4.69) is 0 Å². The van der Waals surface area contributed by atoms with Crippen molar-refractivity contribution in [1.29, 1.82) is 0 Å². The molecule has 2 aliphatic carbocycles. The van der Waals surface area contributed by atoms with Crippen LogP contribution in [0.4, 0.5) is 0 Å². The monoisotopic (exact) mass is 275 g/mol. The normalized spacial score (nSPS) is 25.7. The number of hydrogen-bond donors (Lipinski definition) is 1. The summed E-state index contributed by atoms with van der Waals surface area (Å²) in [7, 11) is -1.59. The second-order valence-corrected chi connectivity index (χ2v) is 8.31. The third-order valence-corrected chi connectivity index (χ3v) is 6.77. The molecule has 0 atom stereocenters. The van der Waals surface area contributed by atoms with E-state index in [4.69, 9.17) is 0 Å². The van der Waals surface area contributed by atoms with Crippen LogP contribution >= 0.6 is 0 Å². The van der Waals surface area contributed by atoms with E-state index in [-0.39, 0.29) is 11.8 Å². The Hall–Kier alpha value is -0.130. The van der Waals surface area contributed by atoms with Gasteiger partial charge in [0.15, 0.2) is 0 Å². The maximum Gasteiger partial charge on any atom is 0.216 e. The average Bonchev–Trinajstić information content (AvgIpc) is 2.77. The minimum Gasteiger partial charge on any atom is -0.389 e. The van der Waals surface area contributed by atoms with Crippen molar-refractivity contribution in [2.45, 2.75) is 68.6 Å². The summed E-state index contributed by atoms with van der Waals surface area (Å²) in [6.07, 6.45) is 8.23. The maximum absolute atomic E-state index is 12.4. The molecule has 2 rings (SSSR count). The lowest BCUT2D eigenvalue weighted by atomic mass is 10.0. The molecule has 2 saturated carbocycles. The molecule has 0 aromatic rings. The van der Waals surface area contributed by atoms with Crippen LogP contribution in [0.25, 0.3) is 0 Å². The number of aliphatic hydroxyl groups is 1. The van der Waals surface area contributed by atoms with Crippen LogP contribution in [-0.2, 0) is 10.0 Å². The van der Waals surface area contributed by atoms with E-state index in [9.17, 15) is 13.5 Å². The van der Waals surface area contributed by atoms with Gasteiger partial charge in [-0.2, -0.15) is 0 Å². The topological polar surface area (TPSA) is 57.6 Å². The van der Waals surface area contributed by atoms with Gasteiger partial charge in [-0.05, 0) is 25.7 Å². The molecule has 0 aromatic carbocycles. The van der Waals surface area contributed by atoms with Gasteiger partial charge in [0.2, 0.25) is 10.0 Å². The standard InChI is InChI=1S/C13H25NO3S/c1-14(11-13(15)9-5-6-10-13)18(16,17)12-7-3-2-4-8-12/h12,15H,2-11H2,1H3. The molecule has 0 spiro atoms. The summed E-state index contributed by atoms with van der Waals surface area (Å²) in [6.45, 7) is 0.270. The third-order valence-electron chi connectivity index (χ3n) is 4.46. The Morgan fingerprint density at radius 3 is 2.22 bits per heavy atom. The van der Waals surface area contributed by atoms with Crippen molar-refractivity contribution in [3.05, 3.63) is 0 Å². The van der Waals surface area contributed by atoms with Gasteiger partial charge in [-0.25, -0.2) is 12.7 Å². The largest absolute Gasteiger partial charge is 0.389 e. The van der Waals surface area contributed by atoms with Crippen LogP contribution in [-0.4, -0.2) is 42.3 Å². The van der Waals surface area contributed by atoms with E-state index in [0.29, 0.717) is 0 Å². The molecule has 5 heteroatoms. The number of likely N-dealkylation sites (N-methyl/N-ethyl adjacent to an activating group) is 1. The molecule has 0 heterocycles. The van der Waals surface area contributed by atoms with Crippen LogP contribution in [0.1, 0.15) is 57.8 Å². The summed E-state index contributed by atoms with van der Waals surface area (Å²) < 4.78 is 26.3. The molecule has 1 N–H and O–H groups in total. The molecule has 0 bridgehead atoms. The second-order valence-electron chi connectivity index (χ2n) is 5.99. The fraction of sp³-hybridized carbons (Fsp3) is 1.00. The molecule has 2 aliphatic rings. The quantitative estimate of drug-likeness (QED) is 0.852. The van der Waals surface area contributed by atoms with E-state index >= 15 is 0 Å². The molecule has 4 nitrogen and oxygen atoms in total. The van der Waals surface area contributed by atoms with Crippen LogP contribution in [0.2, 0.25) is 0 Å². The fourth-order valence-electron chi connectivity index (χ4n) is 3.31. The van der Waals surface area contributed by atoms with Crippen LogP contribution < -0.4 is 0 Å². The molecular formula is C13H25NO3S. The zero-order valence-corrected chi connectivity index (χ0v) is 12.1. The summed E-state index contributed by atoms with van der Waals surface area (Å²) in [6, 6.07) is 0. The molecule has 0 radical (unpaired) electrons. The number of sulfonamides is 1. The fourth-order valence-corrected chi connectivity index (χ4v) is 5.17. The Morgan fingerprint density at radius 2 is 1.67 bits per heavy atom. The van der Waals surface area contributed by atoms with Crippen LogP contribution in [0.15, 0.2) is 0 Å². The summed E-state index contributed by atoms with van der Waals surface area (Å²) >= 11 is 0. The van der Waals surface area contributed by atoms with E-state index < -0.39 is 15.6 Å². The van der Waals surface area contributed by atoms with Crippen molar-refractivity contribution in [2.75, 3.05) is 13.6 Å². The smallest absolute Gasteiger partial charge is 0.216 e. The van der Waals surface area contributed by atoms with E-state index in [1.54, 1.807) is 7.05 Å². The first-order valence-electron chi connectivity index (χ1n) is 7.12. The molecule has 106 valence electrons. The van der Waals surface area contributed by atoms with Gasteiger partial charge in [0.1, 0.15) is 0 Å². The van der Waals surface area contributed by atoms with Gasteiger partial charge < -0.3 is 5.11 Å². The molecule has 18 heavy (non-hydrogen) atoms. The molecule has 0 aromatic heterocycles. The third kappa shape index (κ3) is 3.06. The van der Waals surface area contributed by atoms with E-state index in [1.165, 1.54) is 4.31 Å². The van der Waals surface area contributed by atoms with Crippen molar-refractivity contribution in [1.82, 2.24) is 4.31 Å². The SMILES string of the molecule is CN(CC1(O)CCCC1)S(=O)(=O)C1CCCCC1. The molecule has 0 unspecified atom stereocenters. The first-order valence-corrected chi connectivity index (χ1v) is 8.62. The molecular weight excluding hydrogens is 250 g/mol. The van der Waals surface area contributed by atoms with E-state index in [1.807, 2.05) is 0 Å². The number of nitrogens with zero attached hydrogens (tertiary/aromatic N) is 1. The summed E-state index contributed by atoms with van der Waals surface area (Å²) in [5, 5.41) is 10.1. The summed E-state index contributed by atoms with van der Waals surface area (Å²) in [5.41, 5.74) is -0.781. The molecule has 0 saturated heterocycles. The Morgan fingerprint density at radius 1 is 1.11 bits per heavy atom. The van der Waals surface area contributed by atoms with E-state index in [0.717, 1.165) is 57.8 Å². The predicted octanol–water partition coefficient (Wildman–Crippen LogP) is 1.89. The Balaban J connectivity index is 2.00. The first kappa shape index (κ1) is 14.3. The lowest BCUT2D eigenvalue weighted by molar-refractivity contribution is 0.0331. The Kier molecular flexibility index (Phi) is 4.34. The van der Waals surface area contributed by atoms with Crippen LogP contribution in [0.3, 0.4) is 0 Å². The predicted molar refractivity (Wildman–Crippen MR) is 71.8 cm³/mol. The lowest BCUT2D eigenvalue weighted by Gasteiger charge is -2.32. The van der Waals surface area contributed by atoms with Crippen molar-refractivity contribution < 1.29 is 13.5 Å². The lowest BCUT2D eigenvalue weighted by Crippen LogP contribution is -2.45.